The third-order valence-electron chi connectivity index (χ3n) is 9.37. The Balaban J connectivity index is 1.21. The molecular weight excluding hydrogens is 657 g/mol. The van der Waals surface area contributed by atoms with Crippen LogP contribution in [0.3, 0.4) is 0 Å². The highest BCUT2D eigenvalue weighted by Crippen LogP contribution is 2.47. The van der Waals surface area contributed by atoms with Crippen LogP contribution in [0.1, 0.15) is 0 Å². The minimum Gasteiger partial charge on any atom is -0.457 e. The largest absolute Gasteiger partial charge is 0.457 e. The Morgan fingerprint density at radius 2 is 0.811 bits per heavy atom. The Morgan fingerprint density at radius 1 is 0.396 bits per heavy atom. The average molecular weight is 687 g/mol. The van der Waals surface area contributed by atoms with Crippen molar-refractivity contribution in [2.75, 3.05) is 9.80 Å². The van der Waals surface area contributed by atoms with Gasteiger partial charge in [0.1, 0.15) is 34.3 Å². The van der Waals surface area contributed by atoms with Crippen LogP contribution in [0.15, 0.2) is 191 Å². The van der Waals surface area contributed by atoms with Crippen LogP contribution < -0.4 is 14.5 Å². The predicted molar refractivity (Wildman–Crippen MR) is 212 cm³/mol. The van der Waals surface area contributed by atoms with E-state index in [-0.39, 0.29) is 0 Å². The number of nitrogens with zero attached hydrogens (tertiary/aromatic N) is 4. The first-order valence-electron chi connectivity index (χ1n) is 17.4. The van der Waals surface area contributed by atoms with Gasteiger partial charge in [-0.05, 0) is 72.8 Å². The summed E-state index contributed by atoms with van der Waals surface area (Å²) in [5, 5.41) is 3.84. The van der Waals surface area contributed by atoms with Crippen LogP contribution in [0.5, 0.6) is 11.5 Å². The number of aromatic nitrogens is 2. The number of hydrogen-bond donors (Lipinski definition) is 0. The molecule has 0 saturated carbocycles. The quantitative estimate of drug-likeness (QED) is 0.158. The van der Waals surface area contributed by atoms with Crippen LogP contribution in [0.2, 0.25) is 0 Å². The van der Waals surface area contributed by atoms with Crippen LogP contribution in [0.25, 0.3) is 43.9 Å². The van der Waals surface area contributed by atoms with E-state index in [1.165, 1.54) is 0 Å². The van der Waals surface area contributed by atoms with Gasteiger partial charge < -0.3 is 13.6 Å². The predicted octanol–water partition coefficient (Wildman–Crippen LogP) is 13.0. The number of fused-ring (bicyclic) bond motifs is 6. The molecule has 0 spiro atoms. The number of pyridine rings is 2. The molecule has 0 aliphatic rings. The lowest BCUT2D eigenvalue weighted by Gasteiger charge is -2.25. The zero-order valence-corrected chi connectivity index (χ0v) is 28.3. The summed E-state index contributed by atoms with van der Waals surface area (Å²) < 4.78 is 20.2. The molecule has 6 aromatic carbocycles. The first kappa shape index (κ1) is 30.4. The summed E-state index contributed by atoms with van der Waals surface area (Å²) in [6, 6.07) is 56.5. The van der Waals surface area contributed by atoms with Crippen molar-refractivity contribution in [3.8, 4) is 11.5 Å². The maximum Gasteiger partial charge on any atom is 0.159 e. The molecule has 0 atom stereocenters. The van der Waals surface area contributed by atoms with Crippen molar-refractivity contribution in [1.82, 2.24) is 9.97 Å². The van der Waals surface area contributed by atoms with Gasteiger partial charge in [0.15, 0.2) is 11.2 Å². The number of rotatable bonds is 8. The maximum absolute atomic E-state index is 6.98. The monoisotopic (exact) mass is 686 g/mol. The van der Waals surface area contributed by atoms with Crippen molar-refractivity contribution >= 4 is 78.3 Å². The summed E-state index contributed by atoms with van der Waals surface area (Å²) >= 11 is 0. The number of benzene rings is 6. The van der Waals surface area contributed by atoms with E-state index in [1.54, 1.807) is 12.4 Å². The molecule has 7 nitrogen and oxygen atoms in total. The van der Waals surface area contributed by atoms with Gasteiger partial charge in [0.05, 0.1) is 11.4 Å². The molecule has 53 heavy (non-hydrogen) atoms. The normalized spacial score (nSPS) is 11.4. The minimum atomic E-state index is 0.637. The highest BCUT2D eigenvalue weighted by atomic mass is 16.5. The van der Waals surface area contributed by atoms with Crippen molar-refractivity contribution in [3.63, 3.8) is 0 Å². The maximum atomic E-state index is 6.98. The lowest BCUT2D eigenvalue weighted by Crippen LogP contribution is -2.12. The molecule has 7 heteroatoms. The Hall–Kier alpha value is -7.38. The van der Waals surface area contributed by atoms with Crippen molar-refractivity contribution in [2.45, 2.75) is 0 Å². The highest BCUT2D eigenvalue weighted by molar-refractivity contribution is 6.12. The fraction of sp³-hybridized carbons (Fsp3) is 0. The number of ether oxygens (including phenoxy) is 1. The van der Waals surface area contributed by atoms with E-state index >= 15 is 0 Å². The molecule has 252 valence electrons. The Kier molecular flexibility index (Phi) is 7.32. The van der Waals surface area contributed by atoms with E-state index in [0.29, 0.717) is 11.5 Å². The third-order valence-corrected chi connectivity index (χ3v) is 9.37. The average Bonchev–Trinajstić information content (AvgIpc) is 3.79. The zero-order chi connectivity index (χ0) is 35.1. The van der Waals surface area contributed by atoms with E-state index in [2.05, 4.69) is 58.3 Å². The van der Waals surface area contributed by atoms with Crippen molar-refractivity contribution < 1.29 is 13.6 Å². The molecule has 0 aliphatic heterocycles. The molecule has 4 aromatic heterocycles. The van der Waals surface area contributed by atoms with Crippen molar-refractivity contribution in [1.29, 1.82) is 0 Å². The fourth-order valence-corrected chi connectivity index (χ4v) is 7.07. The summed E-state index contributed by atoms with van der Waals surface area (Å²) in [5.41, 5.74) is 6.52. The molecule has 0 fully saturated rings. The van der Waals surface area contributed by atoms with E-state index in [4.69, 9.17) is 23.5 Å². The summed E-state index contributed by atoms with van der Waals surface area (Å²) in [7, 11) is 0. The van der Waals surface area contributed by atoms with Crippen LogP contribution in [-0.4, -0.2) is 9.97 Å². The number of hydrogen-bond acceptors (Lipinski definition) is 7. The summed E-state index contributed by atoms with van der Waals surface area (Å²) in [6.45, 7) is 0. The van der Waals surface area contributed by atoms with E-state index in [1.807, 2.05) is 121 Å². The third kappa shape index (κ3) is 5.39. The van der Waals surface area contributed by atoms with Crippen LogP contribution in [0.4, 0.5) is 34.4 Å². The molecule has 0 bridgehead atoms. The molecule has 10 rings (SSSR count). The van der Waals surface area contributed by atoms with Gasteiger partial charge in [-0.1, -0.05) is 84.9 Å². The smallest absolute Gasteiger partial charge is 0.159 e. The van der Waals surface area contributed by atoms with Gasteiger partial charge in [-0.15, -0.1) is 0 Å². The molecule has 0 unspecified atom stereocenters. The van der Waals surface area contributed by atoms with E-state index < -0.39 is 0 Å². The first-order valence-corrected chi connectivity index (χ1v) is 17.4. The SMILES string of the molecule is c1ccc(N(c2ccccn2)c2cc(Oc3cc(N(c4ccccc4)c4ccccn4)c4oc5ccccc5c4c3)cc3c2oc2ccccc23)cc1. The van der Waals surface area contributed by atoms with E-state index in [0.717, 1.165) is 78.3 Å². The molecule has 0 radical (unpaired) electrons. The van der Waals surface area contributed by atoms with E-state index in [9.17, 15) is 0 Å². The Bertz CT molecular complexity index is 2600. The lowest BCUT2D eigenvalue weighted by atomic mass is 10.1. The van der Waals surface area contributed by atoms with Gasteiger partial charge in [-0.2, -0.15) is 0 Å². The second kappa shape index (κ2) is 12.7. The number of para-hydroxylation sites is 4. The summed E-state index contributed by atoms with van der Waals surface area (Å²) in [5.74, 6) is 2.77. The second-order valence-corrected chi connectivity index (χ2v) is 12.7. The van der Waals surface area contributed by atoms with Gasteiger partial charge in [0, 0.05) is 57.4 Å². The molecule has 0 N–H and O–H groups in total. The lowest BCUT2D eigenvalue weighted by molar-refractivity contribution is 0.484. The standard InChI is InChI=1S/C46H30N4O3/c1-3-15-31(16-4-1)49(43-23-11-13-25-47-43)39-29-33(27-37-35-19-7-9-21-41(35)52-45(37)39)51-34-28-38-36-20-8-10-22-42(36)53-46(38)40(30-34)50(32-17-5-2-6-18-32)44-24-12-14-26-48-44/h1-30H. The topological polar surface area (TPSA) is 67.8 Å². The van der Waals surface area contributed by atoms with Crippen LogP contribution in [-0.2, 0) is 0 Å². The molecule has 10 aromatic rings. The summed E-state index contributed by atoms with van der Waals surface area (Å²) in [6.07, 6.45) is 3.60. The summed E-state index contributed by atoms with van der Waals surface area (Å²) in [4.78, 5) is 13.8. The Morgan fingerprint density at radius 3 is 1.25 bits per heavy atom. The minimum absolute atomic E-state index is 0.637. The Labute approximate surface area is 304 Å². The van der Waals surface area contributed by atoms with Gasteiger partial charge in [0.2, 0.25) is 0 Å². The van der Waals surface area contributed by atoms with Gasteiger partial charge in [-0.25, -0.2) is 9.97 Å². The van der Waals surface area contributed by atoms with Gasteiger partial charge >= 0.3 is 0 Å². The fourth-order valence-electron chi connectivity index (χ4n) is 7.07. The molecule has 0 saturated heterocycles. The van der Waals surface area contributed by atoms with Gasteiger partial charge in [-0.3, -0.25) is 9.80 Å². The number of furan rings is 2. The second-order valence-electron chi connectivity index (χ2n) is 12.7. The van der Waals surface area contributed by atoms with Crippen molar-refractivity contribution in [3.05, 3.63) is 182 Å². The van der Waals surface area contributed by atoms with Crippen LogP contribution >= 0.6 is 0 Å². The van der Waals surface area contributed by atoms with Crippen molar-refractivity contribution in [2.24, 2.45) is 0 Å². The molecule has 0 aliphatic carbocycles. The highest BCUT2D eigenvalue weighted by Gasteiger charge is 2.24. The molecule has 0 amide bonds. The molecule has 4 heterocycles. The number of anilines is 6. The van der Waals surface area contributed by atoms with Gasteiger partial charge in [0.25, 0.3) is 0 Å². The zero-order valence-electron chi connectivity index (χ0n) is 28.3. The molecular formula is C46H30N4O3. The van der Waals surface area contributed by atoms with Crippen LogP contribution in [0, 0.1) is 0 Å². The first-order chi connectivity index (χ1) is 26.3.